The number of rotatable bonds is 7. The molecule has 0 unspecified atom stereocenters. The second kappa shape index (κ2) is 10.1. The van der Waals surface area contributed by atoms with Gasteiger partial charge in [-0.05, 0) is 47.9 Å². The first-order valence-corrected chi connectivity index (χ1v) is 13.3. The van der Waals surface area contributed by atoms with Crippen molar-refractivity contribution < 1.29 is 17.9 Å². The molecule has 0 radical (unpaired) electrons. The molecule has 182 valence electrons. The van der Waals surface area contributed by atoms with Crippen LogP contribution in [0.4, 0.5) is 5.69 Å². The van der Waals surface area contributed by atoms with E-state index in [1.807, 2.05) is 47.4 Å². The van der Waals surface area contributed by atoms with Crippen LogP contribution in [0.3, 0.4) is 0 Å². The van der Waals surface area contributed by atoms with Crippen LogP contribution in [0.2, 0.25) is 0 Å². The van der Waals surface area contributed by atoms with Crippen LogP contribution in [0.15, 0.2) is 83.8 Å². The maximum Gasteiger partial charge on any atom is 0.264 e. The van der Waals surface area contributed by atoms with Crippen molar-refractivity contribution in [3.8, 4) is 5.75 Å². The Labute approximate surface area is 206 Å². The number of benzene rings is 3. The normalized spacial score (nSPS) is 16.2. The summed E-state index contributed by atoms with van der Waals surface area (Å²) in [4.78, 5) is 17.0. The predicted octanol–water partition coefficient (Wildman–Crippen LogP) is 3.16. The van der Waals surface area contributed by atoms with Gasteiger partial charge in [-0.25, -0.2) is 8.42 Å². The Morgan fingerprint density at radius 2 is 1.49 bits per heavy atom. The molecule has 1 fully saturated rings. The second-order valence-corrected chi connectivity index (χ2v) is 10.7. The SMILES string of the molecule is O=C(COc1ccc(S(=O)(=O)N2CCc3ccccc32)cc1)N1CCN(Cc2ccccc2)CC1. The minimum atomic E-state index is -3.65. The van der Waals surface area contributed by atoms with Crippen LogP contribution >= 0.6 is 0 Å². The molecule has 0 bridgehead atoms. The van der Waals surface area contributed by atoms with E-state index in [1.54, 1.807) is 24.3 Å². The molecule has 1 amide bonds. The zero-order valence-corrected chi connectivity index (χ0v) is 20.4. The maximum absolute atomic E-state index is 13.1. The lowest BCUT2D eigenvalue weighted by Gasteiger charge is -2.34. The van der Waals surface area contributed by atoms with Crippen LogP contribution in [0, 0.1) is 0 Å². The third-order valence-electron chi connectivity index (χ3n) is 6.59. The minimum absolute atomic E-state index is 0.0604. The first-order valence-electron chi connectivity index (χ1n) is 11.9. The molecule has 2 aliphatic heterocycles. The van der Waals surface area contributed by atoms with E-state index in [1.165, 1.54) is 9.87 Å². The molecule has 0 atom stereocenters. The zero-order chi connectivity index (χ0) is 24.3. The summed E-state index contributed by atoms with van der Waals surface area (Å²) >= 11 is 0. The van der Waals surface area contributed by atoms with Crippen LogP contribution in [0.5, 0.6) is 5.75 Å². The largest absolute Gasteiger partial charge is 0.484 e. The number of para-hydroxylation sites is 1. The highest BCUT2D eigenvalue weighted by molar-refractivity contribution is 7.92. The average molecular weight is 492 g/mol. The van der Waals surface area contributed by atoms with Gasteiger partial charge in [0.2, 0.25) is 0 Å². The molecule has 1 saturated heterocycles. The van der Waals surface area contributed by atoms with Crippen molar-refractivity contribution in [1.82, 2.24) is 9.80 Å². The van der Waals surface area contributed by atoms with Crippen molar-refractivity contribution >= 4 is 21.6 Å². The molecule has 7 nitrogen and oxygen atoms in total. The molecule has 2 heterocycles. The van der Waals surface area contributed by atoms with Crippen molar-refractivity contribution in [2.45, 2.75) is 17.9 Å². The average Bonchev–Trinajstić information content (AvgIpc) is 3.34. The van der Waals surface area contributed by atoms with Crippen LogP contribution in [-0.4, -0.2) is 63.5 Å². The topological polar surface area (TPSA) is 70.2 Å². The standard InChI is InChI=1S/C27H29N3O4S/c31-27(29-18-16-28(17-19-29)20-22-6-2-1-3-7-22)21-34-24-10-12-25(13-11-24)35(32,33)30-15-14-23-8-4-5-9-26(23)30/h1-13H,14-21H2. The fourth-order valence-corrected chi connectivity index (χ4v) is 6.13. The lowest BCUT2D eigenvalue weighted by molar-refractivity contribution is -0.135. The van der Waals surface area contributed by atoms with Gasteiger partial charge in [0.15, 0.2) is 6.61 Å². The highest BCUT2D eigenvalue weighted by Crippen LogP contribution is 2.33. The molecule has 0 spiro atoms. The Kier molecular flexibility index (Phi) is 6.74. The van der Waals surface area contributed by atoms with Crippen molar-refractivity contribution in [3.05, 3.63) is 90.0 Å². The summed E-state index contributed by atoms with van der Waals surface area (Å²) in [6.07, 6.45) is 0.708. The smallest absolute Gasteiger partial charge is 0.264 e. The zero-order valence-electron chi connectivity index (χ0n) is 19.5. The van der Waals surface area contributed by atoms with Crippen molar-refractivity contribution in [2.24, 2.45) is 0 Å². The Morgan fingerprint density at radius 3 is 2.23 bits per heavy atom. The number of fused-ring (bicyclic) bond motifs is 1. The number of nitrogens with zero attached hydrogens (tertiary/aromatic N) is 3. The predicted molar refractivity (Wildman–Crippen MR) is 135 cm³/mol. The van der Waals surface area contributed by atoms with Gasteiger partial charge >= 0.3 is 0 Å². The lowest BCUT2D eigenvalue weighted by atomic mass is 10.2. The Bertz CT molecular complexity index is 1270. The Morgan fingerprint density at radius 1 is 0.800 bits per heavy atom. The van der Waals surface area contributed by atoms with E-state index in [0.717, 1.165) is 30.9 Å². The number of piperazine rings is 1. The number of carbonyl (C=O) groups is 1. The third kappa shape index (κ3) is 5.18. The van der Waals surface area contributed by atoms with E-state index in [9.17, 15) is 13.2 Å². The van der Waals surface area contributed by atoms with E-state index < -0.39 is 10.0 Å². The summed E-state index contributed by atoms with van der Waals surface area (Å²) in [5, 5.41) is 0. The number of ether oxygens (including phenoxy) is 1. The quantitative estimate of drug-likeness (QED) is 0.508. The number of amides is 1. The van der Waals surface area contributed by atoms with Gasteiger partial charge in [-0.2, -0.15) is 0 Å². The highest BCUT2D eigenvalue weighted by Gasteiger charge is 2.30. The van der Waals surface area contributed by atoms with Gasteiger partial charge < -0.3 is 9.64 Å². The molecule has 8 heteroatoms. The van der Waals surface area contributed by atoms with E-state index in [-0.39, 0.29) is 17.4 Å². The van der Waals surface area contributed by atoms with Gasteiger partial charge in [-0.1, -0.05) is 48.5 Å². The summed E-state index contributed by atoms with van der Waals surface area (Å²) in [5.74, 6) is 0.413. The Hall–Kier alpha value is -3.36. The minimum Gasteiger partial charge on any atom is -0.484 e. The molecular weight excluding hydrogens is 462 g/mol. The van der Waals surface area contributed by atoms with Crippen molar-refractivity contribution in [2.75, 3.05) is 43.6 Å². The van der Waals surface area contributed by atoms with E-state index in [4.69, 9.17) is 4.74 Å². The van der Waals surface area contributed by atoms with Crippen molar-refractivity contribution in [3.63, 3.8) is 0 Å². The molecule has 0 aromatic heterocycles. The summed E-state index contributed by atoms with van der Waals surface area (Å²) in [7, 11) is -3.65. The number of carbonyl (C=O) groups excluding carboxylic acids is 1. The highest BCUT2D eigenvalue weighted by atomic mass is 32.2. The van der Waals surface area contributed by atoms with Gasteiger partial charge in [0, 0.05) is 39.3 Å². The van der Waals surface area contributed by atoms with E-state index in [0.29, 0.717) is 31.8 Å². The fourth-order valence-electron chi connectivity index (χ4n) is 4.63. The fraction of sp³-hybridized carbons (Fsp3) is 0.296. The summed E-state index contributed by atoms with van der Waals surface area (Å²) in [6.45, 7) is 4.25. The molecule has 0 N–H and O–H groups in total. The van der Waals surface area contributed by atoms with Crippen LogP contribution < -0.4 is 9.04 Å². The molecular formula is C27H29N3O4S. The number of hydrogen-bond donors (Lipinski definition) is 0. The van der Waals surface area contributed by atoms with Crippen LogP contribution in [-0.2, 0) is 27.8 Å². The molecule has 0 aliphatic carbocycles. The summed E-state index contributed by atoms with van der Waals surface area (Å²) in [5.41, 5.74) is 3.05. The van der Waals surface area contributed by atoms with E-state index in [2.05, 4.69) is 17.0 Å². The van der Waals surface area contributed by atoms with Gasteiger partial charge in [-0.3, -0.25) is 14.0 Å². The molecule has 2 aliphatic rings. The number of sulfonamides is 1. The molecule has 5 rings (SSSR count). The van der Waals surface area contributed by atoms with Gasteiger partial charge in [0.05, 0.1) is 10.6 Å². The number of hydrogen-bond acceptors (Lipinski definition) is 5. The molecule has 3 aromatic carbocycles. The van der Waals surface area contributed by atoms with E-state index >= 15 is 0 Å². The monoisotopic (exact) mass is 491 g/mol. The molecule has 3 aromatic rings. The van der Waals surface area contributed by atoms with Gasteiger partial charge in [0.25, 0.3) is 15.9 Å². The lowest BCUT2D eigenvalue weighted by Crippen LogP contribution is -2.49. The molecule has 35 heavy (non-hydrogen) atoms. The van der Waals surface area contributed by atoms with Crippen LogP contribution in [0.25, 0.3) is 0 Å². The van der Waals surface area contributed by atoms with Crippen LogP contribution in [0.1, 0.15) is 11.1 Å². The summed E-state index contributed by atoms with van der Waals surface area (Å²) in [6, 6.07) is 24.2. The molecule has 0 saturated carbocycles. The maximum atomic E-state index is 13.1. The van der Waals surface area contributed by atoms with Gasteiger partial charge in [0.1, 0.15) is 5.75 Å². The third-order valence-corrected chi connectivity index (χ3v) is 8.42. The first kappa shape index (κ1) is 23.4. The summed E-state index contributed by atoms with van der Waals surface area (Å²) < 4.78 is 33.4. The number of anilines is 1. The Balaban J connectivity index is 1.13. The first-order chi connectivity index (χ1) is 17.0. The second-order valence-electron chi connectivity index (χ2n) is 8.86. The van der Waals surface area contributed by atoms with Crippen molar-refractivity contribution in [1.29, 1.82) is 0 Å². The van der Waals surface area contributed by atoms with Gasteiger partial charge in [-0.15, -0.1) is 0 Å².